The Morgan fingerprint density at radius 1 is 1.24 bits per heavy atom. The molecule has 3 N–H and O–H groups in total. The van der Waals surface area contributed by atoms with Crippen LogP contribution in [0.15, 0.2) is 0 Å². The highest BCUT2D eigenvalue weighted by Crippen LogP contribution is 2.65. The summed E-state index contributed by atoms with van der Waals surface area (Å²) in [6.07, 6.45) is 0.582. The van der Waals surface area contributed by atoms with E-state index in [0.717, 1.165) is 0 Å². The number of carbonyl (C=O) groups is 5. The molecule has 10 nitrogen and oxygen atoms in total. The van der Waals surface area contributed by atoms with Gasteiger partial charge >= 0.3 is 0 Å². The molecule has 0 radical (unpaired) electrons. The molecule has 0 spiro atoms. The molecule has 0 aromatic heterocycles. The fraction of sp³-hybridized carbons (Fsp3) is 0.800. The Bertz CT molecular complexity index is 1040. The molecular formula is C25H36ClF2N5O5. The largest absolute Gasteiger partial charge is 0.356 e. The second kappa shape index (κ2) is 9.60. The maximum Gasteiger partial charge on any atom is 0.291 e. The van der Waals surface area contributed by atoms with Crippen LogP contribution in [0.4, 0.5) is 8.78 Å². The number of nitrogens with zero attached hydrogens (tertiary/aromatic N) is 2. The summed E-state index contributed by atoms with van der Waals surface area (Å²) in [5.41, 5.74) is -3.07. The summed E-state index contributed by atoms with van der Waals surface area (Å²) in [5, 5.41) is 5.90. The van der Waals surface area contributed by atoms with Crippen LogP contribution in [-0.2, 0) is 24.0 Å². The predicted molar refractivity (Wildman–Crippen MR) is 132 cm³/mol. The Morgan fingerprint density at radius 2 is 1.87 bits per heavy atom. The molecule has 0 aromatic rings. The molecule has 4 rings (SSSR count). The van der Waals surface area contributed by atoms with Gasteiger partial charge in [-0.15, -0.1) is 0 Å². The van der Waals surface area contributed by atoms with E-state index in [1.165, 1.54) is 4.90 Å². The summed E-state index contributed by atoms with van der Waals surface area (Å²) in [5.74, 6) is -4.57. The second-order valence-electron chi connectivity index (χ2n) is 12.6. The number of alkyl halides is 3. The van der Waals surface area contributed by atoms with Gasteiger partial charge in [0.25, 0.3) is 23.4 Å². The van der Waals surface area contributed by atoms with Crippen molar-refractivity contribution in [1.82, 2.24) is 26.0 Å². The highest BCUT2D eigenvalue weighted by molar-refractivity contribution is 6.29. The van der Waals surface area contributed by atoms with Crippen LogP contribution < -0.4 is 16.1 Å². The zero-order valence-corrected chi connectivity index (χ0v) is 23.0. The van der Waals surface area contributed by atoms with E-state index in [0.29, 0.717) is 18.0 Å². The number of halogens is 3. The molecule has 0 aromatic carbocycles. The number of hydrogen-bond acceptors (Lipinski definition) is 5. The summed E-state index contributed by atoms with van der Waals surface area (Å²) in [7, 11) is 0. The van der Waals surface area contributed by atoms with Crippen molar-refractivity contribution in [2.24, 2.45) is 28.6 Å². The lowest BCUT2D eigenvalue weighted by Crippen LogP contribution is -2.62. The van der Waals surface area contributed by atoms with Crippen molar-refractivity contribution >= 4 is 41.1 Å². The van der Waals surface area contributed by atoms with Gasteiger partial charge in [-0.25, -0.2) is 13.8 Å². The number of rotatable bonds is 7. The van der Waals surface area contributed by atoms with Crippen molar-refractivity contribution in [2.45, 2.75) is 77.3 Å². The minimum absolute atomic E-state index is 0.0128. The Morgan fingerprint density at radius 3 is 2.37 bits per heavy atom. The fourth-order valence-corrected chi connectivity index (χ4v) is 5.89. The summed E-state index contributed by atoms with van der Waals surface area (Å²) in [4.78, 5) is 65.9. The molecule has 2 aliphatic carbocycles. The number of piperidine rings is 1. The Labute approximate surface area is 225 Å². The van der Waals surface area contributed by atoms with Gasteiger partial charge in [0, 0.05) is 13.1 Å². The molecule has 4 aliphatic rings. The third-order valence-corrected chi connectivity index (χ3v) is 8.69. The minimum Gasteiger partial charge on any atom is -0.356 e. The molecule has 2 saturated heterocycles. The molecule has 2 unspecified atom stereocenters. The first-order chi connectivity index (χ1) is 17.5. The van der Waals surface area contributed by atoms with Gasteiger partial charge in [0.1, 0.15) is 12.1 Å². The molecule has 5 amide bonds. The van der Waals surface area contributed by atoms with Crippen LogP contribution in [0.5, 0.6) is 0 Å². The van der Waals surface area contributed by atoms with E-state index in [2.05, 4.69) is 16.1 Å². The van der Waals surface area contributed by atoms with Crippen LogP contribution in [0, 0.1) is 28.6 Å². The van der Waals surface area contributed by atoms with Crippen LogP contribution >= 0.6 is 11.6 Å². The number of nitrogens with one attached hydrogen (secondary N) is 3. The van der Waals surface area contributed by atoms with E-state index in [4.69, 9.17) is 11.6 Å². The average Bonchev–Trinajstić information content (AvgIpc) is 3.49. The molecular weight excluding hydrogens is 524 g/mol. The number of hydrogen-bond donors (Lipinski definition) is 3. The van der Waals surface area contributed by atoms with E-state index in [9.17, 15) is 32.8 Å². The molecule has 38 heavy (non-hydrogen) atoms. The van der Waals surface area contributed by atoms with Crippen molar-refractivity contribution in [3.8, 4) is 0 Å². The van der Waals surface area contributed by atoms with Gasteiger partial charge in [-0.1, -0.05) is 46.2 Å². The van der Waals surface area contributed by atoms with Crippen LogP contribution in [0.2, 0.25) is 0 Å². The standard InChI is InChI=1S/C25H36ClF2N5O5/c1-23(2,3)16(30-22(38)25(28)7-8-25)20(36)32-11-13-14(24(13,4)5)15(32)19(35)31-33(21(37)17(26)27)10-12-6-9-29-18(12)34/h12-17H,6-11H2,1-5H3,(H,29,34)(H,30,38)(H,31,35)/t12-,13-,14-,15-,16?,17?/m0/s1. The fourth-order valence-electron chi connectivity index (χ4n) is 5.77. The second-order valence-corrected chi connectivity index (χ2v) is 13.0. The highest BCUT2D eigenvalue weighted by Gasteiger charge is 2.70. The zero-order valence-electron chi connectivity index (χ0n) is 22.3. The van der Waals surface area contributed by atoms with E-state index in [1.54, 1.807) is 20.8 Å². The lowest BCUT2D eigenvalue weighted by molar-refractivity contribution is -0.151. The molecule has 6 atom stereocenters. The first-order valence-corrected chi connectivity index (χ1v) is 13.4. The molecule has 2 heterocycles. The molecule has 0 bridgehead atoms. The number of amides is 5. The SMILES string of the molecule is CC(C)(C)C(NC(=O)C1(F)CC1)C(=O)N1C[C@H]2[C@@H]([C@H]1C(=O)NN(C[C@@H]1CCNC1=O)C(=O)C(F)Cl)C2(C)C. The van der Waals surface area contributed by atoms with E-state index >= 15 is 0 Å². The Balaban J connectivity index is 1.56. The summed E-state index contributed by atoms with van der Waals surface area (Å²) >= 11 is 5.39. The monoisotopic (exact) mass is 559 g/mol. The first-order valence-electron chi connectivity index (χ1n) is 13.0. The maximum absolute atomic E-state index is 14.4. The lowest BCUT2D eigenvalue weighted by Gasteiger charge is -2.38. The van der Waals surface area contributed by atoms with E-state index < -0.39 is 58.3 Å². The van der Waals surface area contributed by atoms with Gasteiger partial charge in [-0.05, 0) is 41.9 Å². The van der Waals surface area contributed by atoms with Gasteiger partial charge in [-0.2, -0.15) is 0 Å². The van der Waals surface area contributed by atoms with Crippen molar-refractivity contribution in [3.05, 3.63) is 0 Å². The predicted octanol–water partition coefficient (Wildman–Crippen LogP) is 1.03. The zero-order chi connectivity index (χ0) is 28.4. The van der Waals surface area contributed by atoms with Gasteiger partial charge < -0.3 is 15.5 Å². The number of fused-ring (bicyclic) bond motifs is 1. The number of likely N-dealkylation sites (tertiary alicyclic amines) is 1. The molecule has 212 valence electrons. The maximum atomic E-state index is 14.4. The quantitative estimate of drug-likeness (QED) is 0.317. The van der Waals surface area contributed by atoms with Gasteiger partial charge in [0.2, 0.25) is 11.8 Å². The summed E-state index contributed by atoms with van der Waals surface area (Å²) < 4.78 is 28.2. The molecule has 2 saturated carbocycles. The highest BCUT2D eigenvalue weighted by atomic mass is 35.5. The van der Waals surface area contributed by atoms with Gasteiger partial charge in [0.15, 0.2) is 5.67 Å². The van der Waals surface area contributed by atoms with E-state index in [-0.39, 0.29) is 49.1 Å². The molecule has 2 aliphatic heterocycles. The average molecular weight is 560 g/mol. The van der Waals surface area contributed by atoms with E-state index in [1.807, 2.05) is 13.8 Å². The normalized spacial score (nSPS) is 30.0. The summed E-state index contributed by atoms with van der Waals surface area (Å²) in [6, 6.07) is -2.12. The third kappa shape index (κ3) is 5.20. The lowest BCUT2D eigenvalue weighted by atomic mass is 9.85. The number of hydrazine groups is 1. The van der Waals surface area contributed by atoms with Crippen molar-refractivity contribution in [3.63, 3.8) is 0 Å². The Hall–Kier alpha value is -2.50. The third-order valence-electron chi connectivity index (χ3n) is 8.51. The van der Waals surface area contributed by atoms with Crippen LogP contribution in [-0.4, -0.2) is 82.5 Å². The smallest absolute Gasteiger partial charge is 0.291 e. The topological polar surface area (TPSA) is 128 Å². The van der Waals surface area contributed by atoms with Crippen LogP contribution in [0.1, 0.15) is 53.9 Å². The van der Waals surface area contributed by atoms with Crippen LogP contribution in [0.25, 0.3) is 0 Å². The first kappa shape index (κ1) is 28.5. The molecule has 4 fully saturated rings. The van der Waals surface area contributed by atoms with Crippen molar-refractivity contribution in [2.75, 3.05) is 19.6 Å². The van der Waals surface area contributed by atoms with Crippen molar-refractivity contribution in [1.29, 1.82) is 0 Å². The van der Waals surface area contributed by atoms with Gasteiger partial charge in [-0.3, -0.25) is 29.4 Å². The minimum atomic E-state index is -2.44. The number of carbonyl (C=O) groups excluding carboxylic acids is 5. The molecule has 13 heteroatoms. The Kier molecular flexibility index (Phi) is 7.20. The summed E-state index contributed by atoms with van der Waals surface area (Å²) in [6.45, 7) is 9.49. The van der Waals surface area contributed by atoms with Gasteiger partial charge in [0.05, 0.1) is 12.5 Å². The van der Waals surface area contributed by atoms with Crippen molar-refractivity contribution < 1.29 is 32.8 Å². The van der Waals surface area contributed by atoms with Crippen LogP contribution in [0.3, 0.4) is 0 Å².